The minimum atomic E-state index is -0.120. The van der Waals surface area contributed by atoms with E-state index in [-0.39, 0.29) is 11.8 Å². The minimum Gasteiger partial charge on any atom is -0.342 e. The van der Waals surface area contributed by atoms with E-state index in [1.54, 1.807) is 23.7 Å². The van der Waals surface area contributed by atoms with Crippen LogP contribution < -0.4 is 0 Å². The SMILES string of the molecule is Cc1ncsc1CN(C)CC1CCN(C(=O)C(C)c2cccnc2)C1. The Labute approximate surface area is 153 Å². The highest BCUT2D eigenvalue weighted by Gasteiger charge is 2.30. The molecule has 2 aromatic heterocycles. The van der Waals surface area contributed by atoms with Crippen LogP contribution in [0, 0.1) is 12.8 Å². The quantitative estimate of drug-likeness (QED) is 0.797. The molecule has 5 nitrogen and oxygen atoms in total. The van der Waals surface area contributed by atoms with Crippen molar-refractivity contribution in [2.24, 2.45) is 5.92 Å². The van der Waals surface area contributed by atoms with Crippen LogP contribution in [-0.4, -0.2) is 52.4 Å². The number of amides is 1. The molecule has 0 spiro atoms. The van der Waals surface area contributed by atoms with Gasteiger partial charge in [0.15, 0.2) is 0 Å². The van der Waals surface area contributed by atoms with Crippen molar-refractivity contribution in [2.45, 2.75) is 32.7 Å². The number of carbonyl (C=O) groups excluding carboxylic acids is 1. The van der Waals surface area contributed by atoms with Gasteiger partial charge in [-0.05, 0) is 44.9 Å². The highest BCUT2D eigenvalue weighted by molar-refractivity contribution is 7.09. The Bertz CT molecular complexity index is 702. The fraction of sp³-hybridized carbons (Fsp3) is 0.526. The lowest BCUT2D eigenvalue weighted by Gasteiger charge is -2.23. The van der Waals surface area contributed by atoms with Crippen molar-refractivity contribution in [3.63, 3.8) is 0 Å². The highest BCUT2D eigenvalue weighted by Crippen LogP contribution is 2.24. The van der Waals surface area contributed by atoms with Crippen LogP contribution in [0.5, 0.6) is 0 Å². The number of thiazole rings is 1. The molecule has 134 valence electrons. The second-order valence-electron chi connectivity index (χ2n) is 7.00. The van der Waals surface area contributed by atoms with Crippen molar-refractivity contribution in [1.82, 2.24) is 19.8 Å². The average Bonchev–Trinajstić information content (AvgIpc) is 3.24. The Morgan fingerprint density at radius 1 is 1.52 bits per heavy atom. The van der Waals surface area contributed by atoms with E-state index >= 15 is 0 Å². The summed E-state index contributed by atoms with van der Waals surface area (Å²) in [7, 11) is 2.15. The molecule has 6 heteroatoms. The molecule has 2 atom stereocenters. The lowest BCUT2D eigenvalue weighted by Crippen LogP contribution is -2.34. The van der Waals surface area contributed by atoms with E-state index < -0.39 is 0 Å². The second-order valence-corrected chi connectivity index (χ2v) is 7.94. The van der Waals surface area contributed by atoms with Crippen LogP contribution in [0.4, 0.5) is 0 Å². The molecule has 2 unspecified atom stereocenters. The zero-order valence-electron chi connectivity index (χ0n) is 15.2. The standard InChI is InChI=1S/C19H26N4OS/c1-14(17-5-4-7-20-9-17)19(24)23-8-6-16(11-23)10-22(3)12-18-15(2)21-13-25-18/h4-5,7,9,13-14,16H,6,8,10-12H2,1-3H3. The van der Waals surface area contributed by atoms with Gasteiger partial charge in [-0.3, -0.25) is 9.78 Å². The van der Waals surface area contributed by atoms with Gasteiger partial charge < -0.3 is 9.80 Å². The van der Waals surface area contributed by atoms with E-state index in [2.05, 4.69) is 28.8 Å². The second kappa shape index (κ2) is 8.06. The summed E-state index contributed by atoms with van der Waals surface area (Å²) < 4.78 is 0. The summed E-state index contributed by atoms with van der Waals surface area (Å²) in [6.07, 6.45) is 4.62. The first kappa shape index (κ1) is 18.0. The maximum absolute atomic E-state index is 12.8. The Morgan fingerprint density at radius 3 is 3.04 bits per heavy atom. The molecule has 2 aromatic rings. The van der Waals surface area contributed by atoms with Crippen LogP contribution in [0.25, 0.3) is 0 Å². The van der Waals surface area contributed by atoms with Gasteiger partial charge in [0.25, 0.3) is 0 Å². The van der Waals surface area contributed by atoms with Crippen LogP contribution in [0.1, 0.15) is 35.4 Å². The van der Waals surface area contributed by atoms with Crippen molar-refractivity contribution in [3.05, 3.63) is 46.2 Å². The third kappa shape index (κ3) is 4.44. The highest BCUT2D eigenvalue weighted by atomic mass is 32.1. The van der Waals surface area contributed by atoms with E-state index in [0.717, 1.165) is 43.9 Å². The molecule has 3 rings (SSSR count). The van der Waals surface area contributed by atoms with Crippen molar-refractivity contribution >= 4 is 17.2 Å². The van der Waals surface area contributed by atoms with Gasteiger partial charge in [-0.25, -0.2) is 4.98 Å². The Kier molecular flexibility index (Phi) is 5.81. The van der Waals surface area contributed by atoms with Crippen LogP contribution in [0.3, 0.4) is 0 Å². The van der Waals surface area contributed by atoms with Gasteiger partial charge in [0.1, 0.15) is 0 Å². The molecule has 1 aliphatic rings. The fourth-order valence-electron chi connectivity index (χ4n) is 3.46. The summed E-state index contributed by atoms with van der Waals surface area (Å²) in [6.45, 7) is 7.72. The first-order valence-electron chi connectivity index (χ1n) is 8.80. The zero-order chi connectivity index (χ0) is 17.8. The summed E-state index contributed by atoms with van der Waals surface area (Å²) in [5.41, 5.74) is 4.04. The molecule has 0 N–H and O–H groups in total. The number of likely N-dealkylation sites (tertiary alicyclic amines) is 1. The van der Waals surface area contributed by atoms with E-state index in [1.807, 2.05) is 29.5 Å². The molecule has 25 heavy (non-hydrogen) atoms. The largest absolute Gasteiger partial charge is 0.342 e. The van der Waals surface area contributed by atoms with Crippen LogP contribution >= 0.6 is 11.3 Å². The van der Waals surface area contributed by atoms with E-state index in [0.29, 0.717) is 5.92 Å². The number of aryl methyl sites for hydroxylation is 1. The molecular weight excluding hydrogens is 332 g/mol. The number of nitrogens with zero attached hydrogens (tertiary/aromatic N) is 4. The Morgan fingerprint density at radius 2 is 2.36 bits per heavy atom. The Balaban J connectivity index is 1.51. The third-order valence-corrected chi connectivity index (χ3v) is 5.90. The third-order valence-electron chi connectivity index (χ3n) is 4.98. The van der Waals surface area contributed by atoms with Crippen molar-refractivity contribution in [1.29, 1.82) is 0 Å². The number of rotatable bonds is 6. The lowest BCUT2D eigenvalue weighted by atomic mass is 10.0. The van der Waals surface area contributed by atoms with Gasteiger partial charge >= 0.3 is 0 Å². The normalized spacial score (nSPS) is 18.7. The van der Waals surface area contributed by atoms with Gasteiger partial charge in [0.2, 0.25) is 5.91 Å². The number of pyridine rings is 1. The maximum Gasteiger partial charge on any atom is 0.229 e. The smallest absolute Gasteiger partial charge is 0.229 e. The zero-order valence-corrected chi connectivity index (χ0v) is 16.0. The average molecular weight is 359 g/mol. The molecule has 0 aliphatic carbocycles. The van der Waals surface area contributed by atoms with Gasteiger partial charge in [0.05, 0.1) is 17.1 Å². The molecule has 3 heterocycles. The fourth-order valence-corrected chi connectivity index (χ4v) is 4.32. The molecular formula is C19H26N4OS. The monoisotopic (exact) mass is 358 g/mol. The van der Waals surface area contributed by atoms with Crippen molar-refractivity contribution in [3.8, 4) is 0 Å². The van der Waals surface area contributed by atoms with Gasteiger partial charge in [0, 0.05) is 43.4 Å². The Hall–Kier alpha value is -1.79. The predicted octanol–water partition coefficient (Wildman–Crippen LogP) is 2.93. The molecule has 0 radical (unpaired) electrons. The summed E-state index contributed by atoms with van der Waals surface area (Å²) in [4.78, 5) is 26.9. The molecule has 0 aromatic carbocycles. The number of carbonyl (C=O) groups is 1. The van der Waals surface area contributed by atoms with Crippen LogP contribution in [-0.2, 0) is 11.3 Å². The number of hydrogen-bond donors (Lipinski definition) is 0. The van der Waals surface area contributed by atoms with E-state index in [4.69, 9.17) is 0 Å². The predicted molar refractivity (Wildman–Crippen MR) is 101 cm³/mol. The van der Waals surface area contributed by atoms with Gasteiger partial charge in [-0.15, -0.1) is 11.3 Å². The van der Waals surface area contributed by atoms with Crippen LogP contribution in [0.2, 0.25) is 0 Å². The number of hydrogen-bond acceptors (Lipinski definition) is 5. The maximum atomic E-state index is 12.8. The molecule has 0 bridgehead atoms. The minimum absolute atomic E-state index is 0.120. The summed E-state index contributed by atoms with van der Waals surface area (Å²) in [6, 6.07) is 3.87. The first-order valence-corrected chi connectivity index (χ1v) is 9.68. The summed E-state index contributed by atoms with van der Waals surface area (Å²) in [5.74, 6) is 0.643. The molecule has 1 amide bonds. The first-order chi connectivity index (χ1) is 12.0. The van der Waals surface area contributed by atoms with Crippen molar-refractivity contribution < 1.29 is 4.79 Å². The topological polar surface area (TPSA) is 49.3 Å². The van der Waals surface area contributed by atoms with Gasteiger partial charge in [-0.1, -0.05) is 6.07 Å². The number of aromatic nitrogens is 2. The molecule has 1 fully saturated rings. The van der Waals surface area contributed by atoms with Crippen molar-refractivity contribution in [2.75, 3.05) is 26.7 Å². The lowest BCUT2D eigenvalue weighted by molar-refractivity contribution is -0.131. The van der Waals surface area contributed by atoms with Crippen LogP contribution in [0.15, 0.2) is 30.0 Å². The summed E-state index contributed by atoms with van der Waals surface area (Å²) >= 11 is 1.72. The molecule has 0 saturated carbocycles. The molecule has 1 saturated heterocycles. The van der Waals surface area contributed by atoms with E-state index in [9.17, 15) is 4.79 Å². The molecule has 1 aliphatic heterocycles. The summed E-state index contributed by atoms with van der Waals surface area (Å²) in [5, 5.41) is 0. The van der Waals surface area contributed by atoms with Gasteiger partial charge in [-0.2, -0.15) is 0 Å². The van der Waals surface area contributed by atoms with E-state index in [1.165, 1.54) is 4.88 Å².